The summed E-state index contributed by atoms with van der Waals surface area (Å²) in [5.41, 5.74) is 2.91. The fourth-order valence-corrected chi connectivity index (χ4v) is 3.82. The molecule has 0 saturated carbocycles. The van der Waals surface area contributed by atoms with Crippen molar-refractivity contribution in [3.63, 3.8) is 0 Å². The van der Waals surface area contributed by atoms with Gasteiger partial charge >= 0.3 is 0 Å². The first-order valence-corrected chi connectivity index (χ1v) is 9.81. The van der Waals surface area contributed by atoms with Gasteiger partial charge in [0.15, 0.2) is 0 Å². The Morgan fingerprint density at radius 1 is 1.04 bits per heavy atom. The highest BCUT2D eigenvalue weighted by atomic mass is 16.5. The first kappa shape index (κ1) is 17.0. The van der Waals surface area contributed by atoms with Crippen molar-refractivity contribution in [1.82, 2.24) is 19.7 Å². The third kappa shape index (κ3) is 3.26. The number of nitrogens with zero attached hydrogens (tertiary/aromatic N) is 4. The topological polar surface area (TPSA) is 60.2 Å². The first-order chi connectivity index (χ1) is 13.8. The molecule has 142 valence electrons. The number of rotatable bonds is 4. The summed E-state index contributed by atoms with van der Waals surface area (Å²) >= 11 is 0. The number of amides is 1. The summed E-state index contributed by atoms with van der Waals surface area (Å²) in [5, 5.41) is 4.74. The summed E-state index contributed by atoms with van der Waals surface area (Å²) in [7, 11) is 0. The minimum Gasteiger partial charge on any atom is -0.456 e. The van der Waals surface area contributed by atoms with Crippen LogP contribution in [0.25, 0.3) is 0 Å². The van der Waals surface area contributed by atoms with Crippen molar-refractivity contribution >= 4 is 5.91 Å². The average molecular weight is 374 g/mol. The van der Waals surface area contributed by atoms with E-state index in [9.17, 15) is 4.79 Å². The fraction of sp³-hybridized carbons (Fsp3) is 0.318. The summed E-state index contributed by atoms with van der Waals surface area (Å²) in [6.07, 6.45) is 5.17. The van der Waals surface area contributed by atoms with E-state index in [2.05, 4.69) is 15.7 Å². The summed E-state index contributed by atoms with van der Waals surface area (Å²) < 4.78 is 7.87. The molecule has 6 heteroatoms. The number of aromatic nitrogens is 3. The molecule has 2 aromatic heterocycles. The number of hydrogen-bond donors (Lipinski definition) is 0. The van der Waals surface area contributed by atoms with Crippen LogP contribution >= 0.6 is 0 Å². The Bertz CT molecular complexity index is 952. The zero-order valence-corrected chi connectivity index (χ0v) is 15.6. The predicted molar refractivity (Wildman–Crippen MR) is 105 cm³/mol. The summed E-state index contributed by atoms with van der Waals surface area (Å²) in [6, 6.07) is 15.3. The number of hydrogen-bond acceptors (Lipinski definition) is 4. The van der Waals surface area contributed by atoms with Crippen molar-refractivity contribution in [3.05, 3.63) is 71.8 Å². The van der Waals surface area contributed by atoms with Gasteiger partial charge in [-0.25, -0.2) is 4.98 Å². The molecule has 0 N–H and O–H groups in total. The molecule has 0 spiro atoms. The Hall–Kier alpha value is -3.15. The van der Waals surface area contributed by atoms with Crippen LogP contribution < -0.4 is 4.74 Å². The molecule has 2 aliphatic rings. The van der Waals surface area contributed by atoms with E-state index in [4.69, 9.17) is 9.84 Å². The van der Waals surface area contributed by atoms with E-state index in [1.54, 1.807) is 18.3 Å². The van der Waals surface area contributed by atoms with Gasteiger partial charge in [-0.15, -0.1) is 0 Å². The Morgan fingerprint density at radius 3 is 2.64 bits per heavy atom. The summed E-state index contributed by atoms with van der Waals surface area (Å²) in [4.78, 5) is 18.8. The van der Waals surface area contributed by atoms with Crippen molar-refractivity contribution in [3.8, 4) is 11.5 Å². The van der Waals surface area contributed by atoms with Crippen LogP contribution in [0.2, 0.25) is 0 Å². The molecule has 0 aliphatic carbocycles. The van der Waals surface area contributed by atoms with Gasteiger partial charge in [0, 0.05) is 31.2 Å². The van der Waals surface area contributed by atoms with Crippen LogP contribution in [0.5, 0.6) is 11.5 Å². The molecule has 4 heterocycles. The Kier molecular flexibility index (Phi) is 4.31. The van der Waals surface area contributed by atoms with Crippen molar-refractivity contribution in [2.24, 2.45) is 0 Å². The van der Waals surface area contributed by atoms with E-state index in [0.29, 0.717) is 30.5 Å². The van der Waals surface area contributed by atoms with Gasteiger partial charge in [-0.05, 0) is 49.6 Å². The molecule has 1 fully saturated rings. The molecule has 0 unspecified atom stereocenters. The number of para-hydroxylation sites is 1. The number of ether oxygens (including phenoxy) is 1. The number of aryl methyl sites for hydroxylation is 2. The van der Waals surface area contributed by atoms with Gasteiger partial charge in [-0.3, -0.25) is 9.48 Å². The molecule has 0 atom stereocenters. The summed E-state index contributed by atoms with van der Waals surface area (Å²) in [5.74, 6) is 1.67. The van der Waals surface area contributed by atoms with Gasteiger partial charge in [0.1, 0.15) is 17.2 Å². The van der Waals surface area contributed by atoms with E-state index in [-0.39, 0.29) is 5.91 Å². The molecule has 3 aromatic rings. The Labute approximate surface area is 163 Å². The van der Waals surface area contributed by atoms with Crippen LogP contribution in [0.15, 0.2) is 54.7 Å². The quantitative estimate of drug-likeness (QED) is 0.699. The third-order valence-corrected chi connectivity index (χ3v) is 5.46. The first-order valence-electron chi connectivity index (χ1n) is 9.81. The van der Waals surface area contributed by atoms with Crippen LogP contribution in [-0.4, -0.2) is 38.7 Å². The molecule has 0 bridgehead atoms. The van der Waals surface area contributed by atoms with Gasteiger partial charge in [-0.2, -0.15) is 5.10 Å². The zero-order valence-electron chi connectivity index (χ0n) is 15.6. The van der Waals surface area contributed by atoms with Gasteiger partial charge in [0.25, 0.3) is 5.91 Å². The van der Waals surface area contributed by atoms with E-state index in [1.807, 2.05) is 35.2 Å². The van der Waals surface area contributed by atoms with Gasteiger partial charge in [-0.1, -0.05) is 18.2 Å². The maximum Gasteiger partial charge on any atom is 0.272 e. The Morgan fingerprint density at radius 2 is 1.89 bits per heavy atom. The van der Waals surface area contributed by atoms with E-state index in [1.165, 1.54) is 18.5 Å². The highest BCUT2D eigenvalue weighted by Crippen LogP contribution is 2.29. The second-order valence-electron chi connectivity index (χ2n) is 7.44. The highest BCUT2D eigenvalue weighted by Gasteiger charge is 2.34. The van der Waals surface area contributed by atoms with Gasteiger partial charge in [0.2, 0.25) is 0 Å². The molecule has 1 amide bonds. The van der Waals surface area contributed by atoms with E-state index in [0.717, 1.165) is 24.4 Å². The Balaban J connectivity index is 1.20. The summed E-state index contributed by atoms with van der Waals surface area (Å²) in [6.45, 7) is 2.44. The van der Waals surface area contributed by atoms with Crippen LogP contribution in [-0.2, 0) is 13.0 Å². The van der Waals surface area contributed by atoms with Crippen LogP contribution in [0, 0.1) is 0 Å². The SMILES string of the molecule is O=C(c1ccc(Oc2ccccc2)cn1)N1CC(c2cc3n(n2)CCCC3)C1. The lowest BCUT2D eigenvalue weighted by Crippen LogP contribution is -2.48. The molecule has 2 aliphatic heterocycles. The smallest absolute Gasteiger partial charge is 0.272 e. The number of likely N-dealkylation sites (tertiary alicyclic amines) is 1. The lowest BCUT2D eigenvalue weighted by Gasteiger charge is -2.38. The number of fused-ring (bicyclic) bond motifs is 1. The number of carbonyl (C=O) groups is 1. The molecular formula is C22H22N4O2. The standard InChI is InChI=1S/C22H22N4O2/c27-22(20-10-9-19(13-23-20)28-18-7-2-1-3-8-18)25-14-16(15-25)21-12-17-6-4-5-11-26(17)24-21/h1-3,7-10,12-13,16H,4-6,11,14-15H2. The zero-order chi connectivity index (χ0) is 18.9. The lowest BCUT2D eigenvalue weighted by molar-refractivity contribution is 0.0592. The second kappa shape index (κ2) is 7.11. The van der Waals surface area contributed by atoms with Gasteiger partial charge < -0.3 is 9.64 Å². The predicted octanol–water partition coefficient (Wildman–Crippen LogP) is 3.65. The molecule has 0 radical (unpaired) electrons. The van der Waals surface area contributed by atoms with E-state index >= 15 is 0 Å². The maximum absolute atomic E-state index is 12.7. The van der Waals surface area contributed by atoms with Crippen LogP contribution in [0.4, 0.5) is 0 Å². The number of carbonyl (C=O) groups excluding carboxylic acids is 1. The second-order valence-corrected chi connectivity index (χ2v) is 7.44. The van der Waals surface area contributed by atoms with Crippen molar-refractivity contribution in [2.45, 2.75) is 31.7 Å². The number of benzene rings is 1. The molecule has 6 nitrogen and oxygen atoms in total. The van der Waals surface area contributed by atoms with Gasteiger partial charge in [0.05, 0.1) is 11.9 Å². The molecule has 1 saturated heterocycles. The molecule has 1 aromatic carbocycles. The average Bonchev–Trinajstić information content (AvgIpc) is 3.11. The normalized spacial score (nSPS) is 16.4. The third-order valence-electron chi connectivity index (χ3n) is 5.46. The molecule has 5 rings (SSSR count). The number of pyridine rings is 1. The van der Waals surface area contributed by atoms with Crippen molar-refractivity contribution in [1.29, 1.82) is 0 Å². The minimum atomic E-state index is -0.0357. The highest BCUT2D eigenvalue weighted by molar-refractivity contribution is 5.93. The monoisotopic (exact) mass is 374 g/mol. The van der Waals surface area contributed by atoms with Crippen molar-refractivity contribution < 1.29 is 9.53 Å². The fourth-order valence-electron chi connectivity index (χ4n) is 3.82. The maximum atomic E-state index is 12.7. The lowest BCUT2D eigenvalue weighted by atomic mass is 9.95. The van der Waals surface area contributed by atoms with E-state index < -0.39 is 0 Å². The largest absolute Gasteiger partial charge is 0.456 e. The van der Waals surface area contributed by atoms with Crippen LogP contribution in [0.3, 0.4) is 0 Å². The van der Waals surface area contributed by atoms with Crippen LogP contribution in [0.1, 0.15) is 40.6 Å². The minimum absolute atomic E-state index is 0.0357. The molecular weight excluding hydrogens is 352 g/mol. The van der Waals surface area contributed by atoms with Crippen molar-refractivity contribution in [2.75, 3.05) is 13.1 Å². The molecule has 28 heavy (non-hydrogen) atoms.